The van der Waals surface area contributed by atoms with E-state index in [1.54, 1.807) is 31.4 Å². The van der Waals surface area contributed by atoms with E-state index in [2.05, 4.69) is 10.3 Å². The average Bonchev–Trinajstić information content (AvgIpc) is 3.57. The van der Waals surface area contributed by atoms with Crippen LogP contribution >= 0.6 is 0 Å². The van der Waals surface area contributed by atoms with E-state index in [9.17, 15) is 14.7 Å². The smallest absolute Gasteiger partial charge is 0.335 e. The molecule has 0 unspecified atom stereocenters. The van der Waals surface area contributed by atoms with E-state index < -0.39 is 11.4 Å². The number of benzene rings is 2. The Bertz CT molecular complexity index is 1120. The van der Waals surface area contributed by atoms with Gasteiger partial charge in [0.25, 0.3) is 0 Å². The van der Waals surface area contributed by atoms with Gasteiger partial charge in [0.05, 0.1) is 23.8 Å². The van der Waals surface area contributed by atoms with Gasteiger partial charge in [-0.15, -0.1) is 0 Å². The van der Waals surface area contributed by atoms with Crippen LogP contribution in [0, 0.1) is 6.92 Å². The summed E-state index contributed by atoms with van der Waals surface area (Å²) in [5.74, 6) is 0.118. The number of aromatic carboxylic acids is 1. The molecule has 3 aromatic rings. The molecule has 4 rings (SSSR count). The first kappa shape index (κ1) is 19.6. The lowest BCUT2D eigenvalue weighted by atomic mass is 9.95. The summed E-state index contributed by atoms with van der Waals surface area (Å²) in [6.07, 6.45) is 1.56. The minimum absolute atomic E-state index is 0.0887. The van der Waals surface area contributed by atoms with Gasteiger partial charge in [-0.2, -0.15) is 0 Å². The molecule has 6 nitrogen and oxygen atoms in total. The first-order chi connectivity index (χ1) is 14.4. The SMILES string of the molecule is COc1ccc(C2(C(=O)Nc3ccc(C)c(-c4cccc(C(=O)O)c4)n3)CC2)cc1. The molecule has 0 saturated heterocycles. The second-order valence-electron chi connectivity index (χ2n) is 7.51. The van der Waals surface area contributed by atoms with Crippen molar-refractivity contribution in [1.29, 1.82) is 0 Å². The quantitative estimate of drug-likeness (QED) is 0.637. The number of carbonyl (C=O) groups is 2. The number of methoxy groups -OCH3 is 1. The van der Waals surface area contributed by atoms with Crippen LogP contribution in [-0.2, 0) is 10.2 Å². The number of hydrogen-bond acceptors (Lipinski definition) is 4. The van der Waals surface area contributed by atoms with Crippen LogP contribution in [0.15, 0.2) is 60.7 Å². The number of anilines is 1. The predicted octanol–water partition coefficient (Wildman–Crippen LogP) is 4.43. The Kier molecular flexibility index (Phi) is 4.99. The van der Waals surface area contributed by atoms with Gasteiger partial charge in [0.2, 0.25) is 5.91 Å². The molecule has 1 aromatic heterocycles. The first-order valence-electron chi connectivity index (χ1n) is 9.70. The summed E-state index contributed by atoms with van der Waals surface area (Å²) >= 11 is 0. The fourth-order valence-corrected chi connectivity index (χ4v) is 3.61. The molecule has 0 aliphatic heterocycles. The van der Waals surface area contributed by atoms with Crippen LogP contribution in [0.5, 0.6) is 5.75 Å². The Hall–Kier alpha value is -3.67. The Labute approximate surface area is 174 Å². The highest BCUT2D eigenvalue weighted by Gasteiger charge is 2.51. The molecule has 30 heavy (non-hydrogen) atoms. The van der Waals surface area contributed by atoms with Crippen LogP contribution in [0.25, 0.3) is 11.3 Å². The number of amides is 1. The standard InChI is InChI=1S/C24H22N2O4/c1-15-6-11-20(25-21(15)16-4-3-5-17(14-16)22(27)28)26-23(29)24(12-13-24)18-7-9-19(30-2)10-8-18/h3-11,14H,12-13H2,1-2H3,(H,27,28)(H,25,26,29). The van der Waals surface area contributed by atoms with Crippen molar-refractivity contribution < 1.29 is 19.4 Å². The monoisotopic (exact) mass is 402 g/mol. The fraction of sp³-hybridized carbons (Fsp3) is 0.208. The second kappa shape index (κ2) is 7.63. The van der Waals surface area contributed by atoms with Gasteiger partial charge < -0.3 is 15.2 Å². The number of carboxylic acid groups (broad SMARTS) is 1. The van der Waals surface area contributed by atoms with Gasteiger partial charge in [-0.1, -0.05) is 30.3 Å². The summed E-state index contributed by atoms with van der Waals surface area (Å²) in [5, 5.41) is 12.2. The third-order valence-electron chi connectivity index (χ3n) is 5.55. The molecule has 6 heteroatoms. The third-order valence-corrected chi connectivity index (χ3v) is 5.55. The number of ether oxygens (including phenoxy) is 1. The summed E-state index contributed by atoms with van der Waals surface area (Å²) in [5.41, 5.74) is 2.85. The molecular formula is C24H22N2O4. The fourth-order valence-electron chi connectivity index (χ4n) is 3.61. The lowest BCUT2D eigenvalue weighted by Gasteiger charge is -2.17. The average molecular weight is 402 g/mol. The van der Waals surface area contributed by atoms with Crippen LogP contribution in [0.1, 0.15) is 34.3 Å². The number of aromatic nitrogens is 1. The van der Waals surface area contributed by atoms with Gasteiger partial charge in [0, 0.05) is 5.56 Å². The maximum Gasteiger partial charge on any atom is 0.335 e. The molecule has 0 atom stereocenters. The minimum Gasteiger partial charge on any atom is -0.497 e. The first-order valence-corrected chi connectivity index (χ1v) is 9.70. The summed E-state index contributed by atoms with van der Waals surface area (Å²) in [7, 11) is 1.61. The molecule has 1 fully saturated rings. The maximum absolute atomic E-state index is 13.1. The van der Waals surface area contributed by atoms with Crippen molar-refractivity contribution in [2.75, 3.05) is 12.4 Å². The Balaban J connectivity index is 1.59. The van der Waals surface area contributed by atoms with Crippen molar-refractivity contribution in [2.45, 2.75) is 25.2 Å². The number of pyridine rings is 1. The Morgan fingerprint density at radius 1 is 1.07 bits per heavy atom. The van der Waals surface area contributed by atoms with Crippen LogP contribution in [0.2, 0.25) is 0 Å². The number of rotatable bonds is 6. The highest BCUT2D eigenvalue weighted by Crippen LogP contribution is 2.49. The molecule has 1 aliphatic carbocycles. The zero-order valence-electron chi connectivity index (χ0n) is 16.8. The van der Waals surface area contributed by atoms with E-state index >= 15 is 0 Å². The van der Waals surface area contributed by atoms with Crippen molar-refractivity contribution in [2.24, 2.45) is 0 Å². The molecular weight excluding hydrogens is 380 g/mol. The van der Waals surface area contributed by atoms with Crippen molar-refractivity contribution in [3.05, 3.63) is 77.4 Å². The molecule has 1 saturated carbocycles. The van der Waals surface area contributed by atoms with Gasteiger partial charge in [-0.25, -0.2) is 9.78 Å². The number of aryl methyl sites for hydroxylation is 1. The highest BCUT2D eigenvalue weighted by molar-refractivity contribution is 6.01. The number of carbonyl (C=O) groups excluding carboxylic acids is 1. The van der Waals surface area contributed by atoms with Crippen molar-refractivity contribution in [1.82, 2.24) is 4.98 Å². The normalized spacial score (nSPS) is 14.1. The van der Waals surface area contributed by atoms with Crippen molar-refractivity contribution in [3.8, 4) is 17.0 Å². The van der Waals surface area contributed by atoms with Gasteiger partial charge >= 0.3 is 5.97 Å². The molecule has 2 N–H and O–H groups in total. The minimum atomic E-state index is -0.992. The molecule has 0 radical (unpaired) electrons. The lowest BCUT2D eigenvalue weighted by molar-refractivity contribution is -0.118. The number of nitrogens with one attached hydrogen (secondary N) is 1. The zero-order chi connectivity index (χ0) is 21.3. The second-order valence-corrected chi connectivity index (χ2v) is 7.51. The van der Waals surface area contributed by atoms with E-state index in [0.29, 0.717) is 17.1 Å². The van der Waals surface area contributed by atoms with Crippen molar-refractivity contribution >= 4 is 17.7 Å². The molecule has 1 heterocycles. The number of hydrogen-bond donors (Lipinski definition) is 2. The molecule has 1 amide bonds. The van der Waals surface area contributed by atoms with Crippen molar-refractivity contribution in [3.63, 3.8) is 0 Å². The Morgan fingerprint density at radius 2 is 1.80 bits per heavy atom. The zero-order valence-corrected chi connectivity index (χ0v) is 16.8. The molecule has 152 valence electrons. The van der Waals surface area contributed by atoms with Gasteiger partial charge in [-0.3, -0.25) is 4.79 Å². The topological polar surface area (TPSA) is 88.5 Å². The molecule has 0 bridgehead atoms. The number of carboxylic acids is 1. The lowest BCUT2D eigenvalue weighted by Crippen LogP contribution is -2.28. The van der Waals surface area contributed by atoms with E-state index in [4.69, 9.17) is 4.74 Å². The van der Waals surface area contributed by atoms with Gasteiger partial charge in [-0.05, 0) is 61.2 Å². The van der Waals surface area contributed by atoms with Crippen LogP contribution < -0.4 is 10.1 Å². The molecule has 1 aliphatic rings. The van der Waals surface area contributed by atoms with E-state index in [1.165, 1.54) is 0 Å². The third kappa shape index (κ3) is 3.64. The van der Waals surface area contributed by atoms with Crippen LogP contribution in [0.4, 0.5) is 5.82 Å². The maximum atomic E-state index is 13.1. The van der Waals surface area contributed by atoms with Gasteiger partial charge in [0.15, 0.2) is 0 Å². The summed E-state index contributed by atoms with van der Waals surface area (Å²) in [6, 6.07) is 17.8. The van der Waals surface area contributed by atoms with E-state index in [0.717, 1.165) is 29.7 Å². The largest absolute Gasteiger partial charge is 0.497 e. The van der Waals surface area contributed by atoms with Crippen LogP contribution in [0.3, 0.4) is 0 Å². The molecule has 0 spiro atoms. The summed E-state index contributed by atoms with van der Waals surface area (Å²) in [4.78, 5) is 29.0. The summed E-state index contributed by atoms with van der Waals surface area (Å²) < 4.78 is 5.20. The van der Waals surface area contributed by atoms with Gasteiger partial charge in [0.1, 0.15) is 11.6 Å². The highest BCUT2D eigenvalue weighted by atomic mass is 16.5. The van der Waals surface area contributed by atoms with E-state index in [-0.39, 0.29) is 11.5 Å². The molecule has 2 aromatic carbocycles. The Morgan fingerprint density at radius 3 is 2.43 bits per heavy atom. The number of nitrogens with zero attached hydrogens (tertiary/aromatic N) is 1. The van der Waals surface area contributed by atoms with E-state index in [1.807, 2.05) is 43.3 Å². The predicted molar refractivity (Wildman–Crippen MR) is 114 cm³/mol. The van der Waals surface area contributed by atoms with Crippen LogP contribution in [-0.4, -0.2) is 29.1 Å². The summed E-state index contributed by atoms with van der Waals surface area (Å²) in [6.45, 7) is 1.90.